The summed E-state index contributed by atoms with van der Waals surface area (Å²) in [6, 6.07) is 2.99. The van der Waals surface area contributed by atoms with E-state index in [1.165, 1.54) is 12.1 Å². The Kier molecular flexibility index (Phi) is 6.92. The molecule has 2 aromatic rings. The first-order valence-electron chi connectivity index (χ1n) is 9.44. The van der Waals surface area contributed by atoms with Gasteiger partial charge in [0.15, 0.2) is 5.11 Å². The number of thiocarbonyl (C=S) groups is 1. The van der Waals surface area contributed by atoms with E-state index in [1.54, 1.807) is 0 Å². The molecule has 0 aliphatic heterocycles. The zero-order valence-corrected chi connectivity index (χ0v) is 17.8. The van der Waals surface area contributed by atoms with Crippen LogP contribution in [0.3, 0.4) is 0 Å². The van der Waals surface area contributed by atoms with Gasteiger partial charge >= 0.3 is 0 Å². The van der Waals surface area contributed by atoms with Crippen LogP contribution in [-0.4, -0.2) is 33.4 Å². The Morgan fingerprint density at radius 3 is 1.64 bits per heavy atom. The lowest BCUT2D eigenvalue weighted by Crippen LogP contribution is -2.38. The highest BCUT2D eigenvalue weighted by molar-refractivity contribution is 7.80. The molecule has 0 aliphatic rings. The van der Waals surface area contributed by atoms with E-state index in [1.807, 2.05) is 32.6 Å². The van der Waals surface area contributed by atoms with E-state index in [9.17, 15) is 9.59 Å². The largest absolute Gasteiger partial charge is 0.383 e. The van der Waals surface area contributed by atoms with Crippen molar-refractivity contribution in [1.29, 1.82) is 0 Å². The summed E-state index contributed by atoms with van der Waals surface area (Å²) in [6.45, 7) is 9.61. The van der Waals surface area contributed by atoms with Crippen LogP contribution in [0.15, 0.2) is 30.8 Å². The van der Waals surface area contributed by atoms with Crippen LogP contribution in [0.2, 0.25) is 0 Å². The molecule has 2 aromatic heterocycles. The SMILES string of the molecule is CC(C)(CCCN(CCCC(C)(C)c1cc(=O)[nH]o1)C(N)=S)c1cc(=O)[nH]o1. The molecule has 0 saturated heterocycles. The predicted octanol–water partition coefficient (Wildman–Crippen LogP) is 2.61. The number of aromatic amines is 2. The van der Waals surface area contributed by atoms with Crippen LogP contribution < -0.4 is 16.9 Å². The molecule has 0 unspecified atom stereocenters. The molecule has 0 aliphatic carbocycles. The molecule has 28 heavy (non-hydrogen) atoms. The maximum absolute atomic E-state index is 11.3. The van der Waals surface area contributed by atoms with Crippen LogP contribution in [0.5, 0.6) is 0 Å². The number of rotatable bonds is 10. The molecule has 9 heteroatoms. The summed E-state index contributed by atoms with van der Waals surface area (Å²) in [5, 5.41) is 5.05. The lowest BCUT2D eigenvalue weighted by molar-refractivity contribution is 0.277. The Morgan fingerprint density at radius 2 is 1.36 bits per heavy atom. The summed E-state index contributed by atoms with van der Waals surface area (Å²) in [6.07, 6.45) is 3.37. The fraction of sp³-hybridized carbons (Fsp3) is 0.632. The summed E-state index contributed by atoms with van der Waals surface area (Å²) in [7, 11) is 0. The van der Waals surface area contributed by atoms with Gasteiger partial charge in [-0.2, -0.15) is 10.3 Å². The molecular weight excluding hydrogens is 380 g/mol. The molecule has 0 spiro atoms. The van der Waals surface area contributed by atoms with Crippen molar-refractivity contribution in [2.45, 2.75) is 64.2 Å². The normalized spacial score (nSPS) is 12.3. The maximum atomic E-state index is 11.3. The molecule has 0 aromatic carbocycles. The van der Waals surface area contributed by atoms with Crippen molar-refractivity contribution in [2.75, 3.05) is 13.1 Å². The van der Waals surface area contributed by atoms with E-state index in [4.69, 9.17) is 27.0 Å². The Hall–Kier alpha value is -2.29. The summed E-state index contributed by atoms with van der Waals surface area (Å²) in [5.74, 6) is 1.29. The van der Waals surface area contributed by atoms with Crippen LogP contribution in [0.1, 0.15) is 64.9 Å². The van der Waals surface area contributed by atoms with Crippen molar-refractivity contribution in [1.82, 2.24) is 15.2 Å². The fourth-order valence-electron chi connectivity index (χ4n) is 3.24. The second kappa shape index (κ2) is 8.81. The van der Waals surface area contributed by atoms with Gasteiger partial charge < -0.3 is 19.7 Å². The van der Waals surface area contributed by atoms with Gasteiger partial charge in [-0.1, -0.05) is 27.7 Å². The summed E-state index contributed by atoms with van der Waals surface area (Å²) in [5.41, 5.74) is 4.93. The first kappa shape index (κ1) is 22.0. The number of hydrogen-bond acceptors (Lipinski definition) is 5. The minimum Gasteiger partial charge on any atom is -0.383 e. The summed E-state index contributed by atoms with van der Waals surface area (Å²) < 4.78 is 10.5. The number of nitrogens with zero attached hydrogens (tertiary/aromatic N) is 1. The van der Waals surface area contributed by atoms with Crippen LogP contribution in [-0.2, 0) is 10.8 Å². The number of aromatic nitrogens is 2. The van der Waals surface area contributed by atoms with E-state index in [0.717, 1.165) is 38.8 Å². The summed E-state index contributed by atoms with van der Waals surface area (Å²) >= 11 is 5.20. The number of H-pyrrole nitrogens is 2. The molecule has 0 saturated carbocycles. The third-order valence-corrected chi connectivity index (χ3v) is 5.41. The predicted molar refractivity (Wildman–Crippen MR) is 112 cm³/mol. The summed E-state index contributed by atoms with van der Waals surface area (Å²) in [4.78, 5) is 24.6. The first-order valence-corrected chi connectivity index (χ1v) is 9.84. The Balaban J connectivity index is 1.84. The third kappa shape index (κ3) is 5.85. The molecule has 8 nitrogen and oxygen atoms in total. The molecule has 0 bridgehead atoms. The van der Waals surface area contributed by atoms with E-state index in [2.05, 4.69) is 10.3 Å². The highest BCUT2D eigenvalue weighted by Crippen LogP contribution is 2.28. The van der Waals surface area contributed by atoms with Crippen LogP contribution in [0.4, 0.5) is 0 Å². The van der Waals surface area contributed by atoms with Gasteiger partial charge in [-0.05, 0) is 37.9 Å². The van der Waals surface area contributed by atoms with Crippen LogP contribution >= 0.6 is 12.2 Å². The van der Waals surface area contributed by atoms with Crippen molar-refractivity contribution in [2.24, 2.45) is 5.73 Å². The topological polar surface area (TPSA) is 121 Å². The molecule has 156 valence electrons. The minimum absolute atomic E-state index is 0.228. The average molecular weight is 411 g/mol. The van der Waals surface area contributed by atoms with Gasteiger partial charge in [0.05, 0.1) is 0 Å². The van der Waals surface area contributed by atoms with Gasteiger partial charge in [-0.3, -0.25) is 9.59 Å². The van der Waals surface area contributed by atoms with E-state index >= 15 is 0 Å². The highest BCUT2D eigenvalue weighted by atomic mass is 32.1. The average Bonchev–Trinajstić information content (AvgIpc) is 3.22. The molecule has 4 N–H and O–H groups in total. The van der Waals surface area contributed by atoms with E-state index < -0.39 is 0 Å². The van der Waals surface area contributed by atoms with E-state index in [0.29, 0.717) is 16.6 Å². The molecule has 0 radical (unpaired) electrons. The van der Waals surface area contributed by atoms with E-state index in [-0.39, 0.29) is 21.9 Å². The number of nitrogens with one attached hydrogen (secondary N) is 2. The third-order valence-electron chi connectivity index (χ3n) is 5.15. The van der Waals surface area contributed by atoms with Gasteiger partial charge in [0.25, 0.3) is 11.1 Å². The molecule has 0 atom stereocenters. The van der Waals surface area contributed by atoms with Crippen LogP contribution in [0.25, 0.3) is 0 Å². The number of hydrogen-bond donors (Lipinski definition) is 3. The van der Waals surface area contributed by atoms with Gasteiger partial charge in [0, 0.05) is 36.1 Å². The van der Waals surface area contributed by atoms with Crippen molar-refractivity contribution in [3.8, 4) is 0 Å². The molecular formula is C19H30N4O4S. The minimum atomic E-state index is -0.255. The zero-order valence-electron chi connectivity index (χ0n) is 17.0. The lowest BCUT2D eigenvalue weighted by atomic mass is 9.84. The Morgan fingerprint density at radius 1 is 0.964 bits per heavy atom. The van der Waals surface area contributed by atoms with Gasteiger partial charge in [-0.25, -0.2) is 0 Å². The number of nitrogens with two attached hydrogens (primary N) is 1. The lowest BCUT2D eigenvalue weighted by Gasteiger charge is -2.28. The second-order valence-electron chi connectivity index (χ2n) is 8.45. The molecule has 0 amide bonds. The van der Waals surface area contributed by atoms with Crippen molar-refractivity contribution < 1.29 is 9.05 Å². The van der Waals surface area contributed by atoms with Crippen LogP contribution in [0, 0.1) is 0 Å². The van der Waals surface area contributed by atoms with Gasteiger partial charge in [-0.15, -0.1) is 0 Å². The first-order chi connectivity index (χ1) is 13.0. The Bertz CT molecular complexity index is 824. The monoisotopic (exact) mass is 410 g/mol. The van der Waals surface area contributed by atoms with Crippen molar-refractivity contribution in [3.05, 3.63) is 44.4 Å². The standard InChI is InChI=1S/C19H30N4O4S/c1-18(2,13-11-15(24)21-26-13)7-5-9-23(17(20)28)10-6-8-19(3,4)14-12-16(25)22-27-14/h11-12H,5-10H2,1-4H3,(H2,20,28)(H,21,24)(H,22,25). The molecule has 0 fully saturated rings. The molecule has 2 heterocycles. The second-order valence-corrected chi connectivity index (χ2v) is 8.87. The fourth-order valence-corrected chi connectivity index (χ4v) is 3.42. The Labute approximate surface area is 169 Å². The van der Waals surface area contributed by atoms with Gasteiger partial charge in [0.2, 0.25) is 0 Å². The molecule has 2 rings (SSSR count). The zero-order chi connectivity index (χ0) is 20.9. The quantitative estimate of drug-likeness (QED) is 0.515. The smallest absolute Gasteiger partial charge is 0.280 e. The highest BCUT2D eigenvalue weighted by Gasteiger charge is 2.26. The maximum Gasteiger partial charge on any atom is 0.280 e. The van der Waals surface area contributed by atoms with Gasteiger partial charge in [0.1, 0.15) is 11.5 Å². The van der Waals surface area contributed by atoms with Crippen molar-refractivity contribution >= 4 is 17.3 Å². The van der Waals surface area contributed by atoms with Crippen molar-refractivity contribution in [3.63, 3.8) is 0 Å².